The largest absolute Gasteiger partial charge is 0.494 e. The third-order valence-electron chi connectivity index (χ3n) is 3.29. The molecule has 2 rings (SSSR count). The number of anilines is 2. The SMILES string of the molecule is CCOc1ccc(NC(=O)N(CC)c2cccc(C)c2)cc1. The van der Waals surface area contributed by atoms with Crippen LogP contribution in [0.15, 0.2) is 48.5 Å². The number of hydrogen-bond donors (Lipinski definition) is 1. The molecule has 0 aliphatic carbocycles. The first kappa shape index (κ1) is 15.9. The van der Waals surface area contributed by atoms with Crippen molar-refractivity contribution in [3.63, 3.8) is 0 Å². The van der Waals surface area contributed by atoms with E-state index in [-0.39, 0.29) is 6.03 Å². The number of nitrogens with zero attached hydrogens (tertiary/aromatic N) is 1. The van der Waals surface area contributed by atoms with Crippen LogP contribution in [0.1, 0.15) is 19.4 Å². The molecular formula is C18H22N2O2. The van der Waals surface area contributed by atoms with Crippen LogP contribution in [-0.4, -0.2) is 19.2 Å². The summed E-state index contributed by atoms with van der Waals surface area (Å²) in [5.41, 5.74) is 2.77. The minimum atomic E-state index is -0.141. The molecule has 0 bridgehead atoms. The summed E-state index contributed by atoms with van der Waals surface area (Å²) in [5, 5.41) is 2.91. The lowest BCUT2D eigenvalue weighted by atomic mass is 10.2. The molecule has 0 radical (unpaired) electrons. The molecule has 2 aromatic rings. The Bertz CT molecular complexity index is 623. The fourth-order valence-corrected chi connectivity index (χ4v) is 2.23. The van der Waals surface area contributed by atoms with Crippen molar-refractivity contribution in [3.8, 4) is 5.75 Å². The van der Waals surface area contributed by atoms with Gasteiger partial charge >= 0.3 is 6.03 Å². The highest BCUT2D eigenvalue weighted by atomic mass is 16.5. The molecule has 0 saturated carbocycles. The number of aryl methyl sites for hydroxylation is 1. The van der Waals surface area contributed by atoms with Gasteiger partial charge in [-0.05, 0) is 62.7 Å². The van der Waals surface area contributed by atoms with Crippen molar-refractivity contribution in [2.45, 2.75) is 20.8 Å². The number of rotatable bonds is 5. The van der Waals surface area contributed by atoms with Crippen LogP contribution in [0.3, 0.4) is 0 Å². The van der Waals surface area contributed by atoms with Crippen LogP contribution < -0.4 is 15.0 Å². The van der Waals surface area contributed by atoms with E-state index < -0.39 is 0 Å². The van der Waals surface area contributed by atoms with Crippen LogP contribution in [0.4, 0.5) is 16.2 Å². The van der Waals surface area contributed by atoms with Gasteiger partial charge in [-0.3, -0.25) is 4.90 Å². The smallest absolute Gasteiger partial charge is 0.326 e. The fraction of sp³-hybridized carbons (Fsp3) is 0.278. The van der Waals surface area contributed by atoms with E-state index in [4.69, 9.17) is 4.74 Å². The van der Waals surface area contributed by atoms with Gasteiger partial charge in [0.15, 0.2) is 0 Å². The minimum Gasteiger partial charge on any atom is -0.494 e. The van der Waals surface area contributed by atoms with Gasteiger partial charge < -0.3 is 10.1 Å². The highest BCUT2D eigenvalue weighted by molar-refractivity contribution is 6.01. The van der Waals surface area contributed by atoms with Crippen molar-refractivity contribution in [2.75, 3.05) is 23.4 Å². The zero-order chi connectivity index (χ0) is 15.9. The van der Waals surface area contributed by atoms with E-state index in [2.05, 4.69) is 5.32 Å². The Labute approximate surface area is 131 Å². The first-order valence-electron chi connectivity index (χ1n) is 7.52. The zero-order valence-electron chi connectivity index (χ0n) is 13.3. The van der Waals surface area contributed by atoms with Gasteiger partial charge in [-0.25, -0.2) is 4.79 Å². The second kappa shape index (κ2) is 7.50. The predicted octanol–water partition coefficient (Wildman–Crippen LogP) is 4.45. The molecule has 0 aliphatic rings. The van der Waals surface area contributed by atoms with Crippen LogP contribution in [0, 0.1) is 6.92 Å². The minimum absolute atomic E-state index is 0.141. The van der Waals surface area contributed by atoms with Gasteiger partial charge in [0.25, 0.3) is 0 Å². The van der Waals surface area contributed by atoms with Gasteiger partial charge in [-0.1, -0.05) is 12.1 Å². The second-order valence-corrected chi connectivity index (χ2v) is 4.97. The van der Waals surface area contributed by atoms with E-state index >= 15 is 0 Å². The molecule has 0 aliphatic heterocycles. The van der Waals surface area contributed by atoms with Crippen LogP contribution in [0.5, 0.6) is 5.75 Å². The maximum absolute atomic E-state index is 12.4. The average Bonchev–Trinajstić information content (AvgIpc) is 2.50. The normalized spacial score (nSPS) is 10.1. The van der Waals surface area contributed by atoms with Crippen molar-refractivity contribution in [3.05, 3.63) is 54.1 Å². The van der Waals surface area contributed by atoms with E-state index in [1.807, 2.05) is 69.3 Å². The molecule has 1 N–H and O–H groups in total. The van der Waals surface area contributed by atoms with Crippen LogP contribution >= 0.6 is 0 Å². The van der Waals surface area contributed by atoms with Gasteiger partial charge in [0.2, 0.25) is 0 Å². The van der Waals surface area contributed by atoms with E-state index in [1.54, 1.807) is 4.90 Å². The molecule has 2 aromatic carbocycles. The standard InChI is InChI=1S/C18H22N2O2/c1-4-20(16-8-6-7-14(3)13-16)18(21)19-15-9-11-17(12-10-15)22-5-2/h6-13H,4-5H2,1-3H3,(H,19,21). The molecule has 22 heavy (non-hydrogen) atoms. The van der Waals surface area contributed by atoms with Gasteiger partial charge in [-0.2, -0.15) is 0 Å². The summed E-state index contributed by atoms with van der Waals surface area (Å²) in [4.78, 5) is 14.2. The number of amides is 2. The van der Waals surface area contributed by atoms with Gasteiger partial charge in [0.05, 0.1) is 6.61 Å². The van der Waals surface area contributed by atoms with E-state index in [9.17, 15) is 4.79 Å². The summed E-state index contributed by atoms with van der Waals surface area (Å²) in [6.07, 6.45) is 0. The number of benzene rings is 2. The zero-order valence-corrected chi connectivity index (χ0v) is 13.3. The predicted molar refractivity (Wildman–Crippen MR) is 90.8 cm³/mol. The number of ether oxygens (including phenoxy) is 1. The molecule has 116 valence electrons. The Morgan fingerprint density at radius 1 is 1.14 bits per heavy atom. The molecule has 4 nitrogen and oxygen atoms in total. The first-order chi connectivity index (χ1) is 10.6. The van der Waals surface area contributed by atoms with Crippen molar-refractivity contribution in [2.24, 2.45) is 0 Å². The Hall–Kier alpha value is -2.49. The van der Waals surface area contributed by atoms with Crippen LogP contribution in [-0.2, 0) is 0 Å². The van der Waals surface area contributed by atoms with Gasteiger partial charge in [0, 0.05) is 17.9 Å². The third-order valence-corrected chi connectivity index (χ3v) is 3.29. The number of nitrogens with one attached hydrogen (secondary N) is 1. The molecule has 0 atom stereocenters. The van der Waals surface area contributed by atoms with Crippen LogP contribution in [0.2, 0.25) is 0 Å². The summed E-state index contributed by atoms with van der Waals surface area (Å²) < 4.78 is 5.39. The molecule has 0 unspecified atom stereocenters. The summed E-state index contributed by atoms with van der Waals surface area (Å²) in [5.74, 6) is 0.798. The quantitative estimate of drug-likeness (QED) is 0.886. The van der Waals surface area contributed by atoms with Crippen molar-refractivity contribution in [1.29, 1.82) is 0 Å². The number of hydrogen-bond acceptors (Lipinski definition) is 2. The number of carbonyl (C=O) groups is 1. The summed E-state index contributed by atoms with van der Waals surface area (Å²) in [6, 6.07) is 15.1. The lowest BCUT2D eigenvalue weighted by Gasteiger charge is -2.22. The molecule has 4 heteroatoms. The Morgan fingerprint density at radius 3 is 2.45 bits per heavy atom. The highest BCUT2D eigenvalue weighted by Gasteiger charge is 2.14. The molecule has 0 fully saturated rings. The molecule has 2 amide bonds. The molecule has 0 aromatic heterocycles. The lowest BCUT2D eigenvalue weighted by Crippen LogP contribution is -2.34. The Morgan fingerprint density at radius 2 is 1.86 bits per heavy atom. The lowest BCUT2D eigenvalue weighted by molar-refractivity contribution is 0.257. The summed E-state index contributed by atoms with van der Waals surface area (Å²) in [7, 11) is 0. The third kappa shape index (κ3) is 4.01. The Balaban J connectivity index is 2.09. The molecule has 0 spiro atoms. The van der Waals surface area contributed by atoms with E-state index in [0.29, 0.717) is 13.2 Å². The first-order valence-corrected chi connectivity index (χ1v) is 7.52. The van der Waals surface area contributed by atoms with E-state index in [1.165, 1.54) is 0 Å². The van der Waals surface area contributed by atoms with Gasteiger partial charge in [-0.15, -0.1) is 0 Å². The molecule has 0 heterocycles. The maximum Gasteiger partial charge on any atom is 0.326 e. The van der Waals surface area contributed by atoms with Crippen molar-refractivity contribution in [1.82, 2.24) is 0 Å². The van der Waals surface area contributed by atoms with Crippen molar-refractivity contribution >= 4 is 17.4 Å². The maximum atomic E-state index is 12.4. The molecule has 0 saturated heterocycles. The number of urea groups is 1. The highest BCUT2D eigenvalue weighted by Crippen LogP contribution is 2.19. The van der Waals surface area contributed by atoms with Gasteiger partial charge in [0.1, 0.15) is 5.75 Å². The average molecular weight is 298 g/mol. The summed E-state index contributed by atoms with van der Waals surface area (Å²) in [6.45, 7) is 7.15. The Kier molecular flexibility index (Phi) is 5.42. The van der Waals surface area contributed by atoms with E-state index in [0.717, 1.165) is 22.7 Å². The topological polar surface area (TPSA) is 41.6 Å². The monoisotopic (exact) mass is 298 g/mol. The molecular weight excluding hydrogens is 276 g/mol. The van der Waals surface area contributed by atoms with Crippen LogP contribution in [0.25, 0.3) is 0 Å². The summed E-state index contributed by atoms with van der Waals surface area (Å²) >= 11 is 0. The fourth-order valence-electron chi connectivity index (χ4n) is 2.23. The second-order valence-electron chi connectivity index (χ2n) is 4.97. The van der Waals surface area contributed by atoms with Crippen molar-refractivity contribution < 1.29 is 9.53 Å². The number of carbonyl (C=O) groups excluding carboxylic acids is 1.